The third-order valence-electron chi connectivity index (χ3n) is 6.94. The van der Waals surface area contributed by atoms with Crippen molar-refractivity contribution >= 4 is 11.6 Å². The van der Waals surface area contributed by atoms with Crippen molar-refractivity contribution in [3.63, 3.8) is 0 Å². The maximum Gasteiger partial charge on any atom is 0.255 e. The van der Waals surface area contributed by atoms with Crippen molar-refractivity contribution in [2.45, 2.75) is 43.8 Å². The smallest absolute Gasteiger partial charge is 0.255 e. The third-order valence-corrected chi connectivity index (χ3v) is 6.94. The molecule has 4 atom stereocenters. The molecule has 202 valence electrons. The minimum Gasteiger partial charge on any atom is -0.492 e. The van der Waals surface area contributed by atoms with Crippen LogP contribution in [-0.2, 0) is 4.74 Å². The Morgan fingerprint density at radius 1 is 1.03 bits per heavy atom. The topological polar surface area (TPSA) is 142 Å². The summed E-state index contributed by atoms with van der Waals surface area (Å²) < 4.78 is 12.6. The van der Waals surface area contributed by atoms with Crippen LogP contribution in [0.5, 0.6) is 5.75 Å². The molecule has 4 N–H and O–H groups in total. The number of rotatable bonds is 8. The summed E-state index contributed by atoms with van der Waals surface area (Å²) in [6.45, 7) is 3.63. The van der Waals surface area contributed by atoms with E-state index < -0.39 is 24.5 Å². The second kappa shape index (κ2) is 12.0. The van der Waals surface area contributed by atoms with Gasteiger partial charge in [-0.2, -0.15) is 0 Å². The van der Waals surface area contributed by atoms with E-state index in [2.05, 4.69) is 20.5 Å². The van der Waals surface area contributed by atoms with Gasteiger partial charge in [-0.05, 0) is 56.3 Å². The monoisotopic (exact) mass is 523 g/mol. The highest BCUT2D eigenvalue weighted by Crippen LogP contribution is 2.29. The summed E-state index contributed by atoms with van der Waals surface area (Å²) in [5, 5.41) is 41.0. The molecule has 2 aliphatic rings. The Bertz CT molecular complexity index is 1210. The van der Waals surface area contributed by atoms with Gasteiger partial charge >= 0.3 is 0 Å². The van der Waals surface area contributed by atoms with Crippen LogP contribution in [0.3, 0.4) is 0 Å². The average molecular weight is 524 g/mol. The summed E-state index contributed by atoms with van der Waals surface area (Å²) in [4.78, 5) is 15.4. The molecule has 2 aromatic carbocycles. The number of anilines is 1. The lowest BCUT2D eigenvalue weighted by atomic mass is 10.0. The number of para-hydroxylation sites is 1. The molecule has 1 aromatic heterocycles. The van der Waals surface area contributed by atoms with E-state index in [9.17, 15) is 20.1 Å². The van der Waals surface area contributed by atoms with Gasteiger partial charge in [0.2, 0.25) is 0 Å². The maximum atomic E-state index is 13.0. The van der Waals surface area contributed by atoms with E-state index in [0.717, 1.165) is 25.4 Å². The van der Waals surface area contributed by atoms with E-state index in [1.165, 1.54) is 23.9 Å². The van der Waals surface area contributed by atoms with Crippen molar-refractivity contribution < 1.29 is 29.6 Å². The van der Waals surface area contributed by atoms with Crippen LogP contribution in [0.2, 0.25) is 0 Å². The number of carbonyl (C=O) groups is 1. The fourth-order valence-electron chi connectivity index (χ4n) is 4.74. The molecular formula is C27H33N5O6. The largest absolute Gasteiger partial charge is 0.492 e. The van der Waals surface area contributed by atoms with Gasteiger partial charge in [0.1, 0.15) is 36.4 Å². The first-order valence-corrected chi connectivity index (χ1v) is 12.9. The number of nitrogens with zero attached hydrogens (tertiary/aromatic N) is 4. The van der Waals surface area contributed by atoms with E-state index in [1.54, 1.807) is 48.7 Å². The van der Waals surface area contributed by atoms with Crippen LogP contribution in [0, 0.1) is 0 Å². The van der Waals surface area contributed by atoms with E-state index in [0.29, 0.717) is 29.1 Å². The minimum atomic E-state index is -1.38. The number of likely N-dealkylation sites (tertiary alicyclic amines) is 1. The average Bonchev–Trinajstić information content (AvgIpc) is 3.43. The number of piperidine rings is 1. The Labute approximate surface area is 220 Å². The lowest BCUT2D eigenvalue weighted by Gasteiger charge is -2.34. The molecular weight excluding hydrogens is 490 g/mol. The SMILES string of the molecule is O=C(Nc1ccccc1-c1cn([C@@H]2OC[C@@H](O)[C@H](O)[C@H]2O)nn1)c1ccc(OCCN2CCCCC2)cc1. The molecule has 0 saturated carbocycles. The number of aromatic nitrogens is 3. The predicted molar refractivity (Wildman–Crippen MR) is 139 cm³/mol. The number of ether oxygens (including phenoxy) is 2. The van der Waals surface area contributed by atoms with E-state index in [4.69, 9.17) is 9.47 Å². The predicted octanol–water partition coefficient (Wildman–Crippen LogP) is 1.67. The van der Waals surface area contributed by atoms with Crippen LogP contribution in [0.15, 0.2) is 54.7 Å². The van der Waals surface area contributed by atoms with Crippen LogP contribution < -0.4 is 10.1 Å². The van der Waals surface area contributed by atoms with Crippen LogP contribution in [0.1, 0.15) is 35.8 Å². The molecule has 0 radical (unpaired) electrons. The molecule has 2 aliphatic heterocycles. The zero-order chi connectivity index (χ0) is 26.5. The van der Waals surface area contributed by atoms with Gasteiger partial charge in [-0.3, -0.25) is 9.69 Å². The Balaban J connectivity index is 1.21. The molecule has 3 aromatic rings. The van der Waals surface area contributed by atoms with Gasteiger partial charge in [0, 0.05) is 17.7 Å². The molecule has 11 nitrogen and oxygen atoms in total. The van der Waals surface area contributed by atoms with Gasteiger partial charge < -0.3 is 30.1 Å². The van der Waals surface area contributed by atoms with Gasteiger partial charge in [0.25, 0.3) is 5.91 Å². The number of hydrogen-bond acceptors (Lipinski definition) is 9. The fourth-order valence-corrected chi connectivity index (χ4v) is 4.74. The van der Waals surface area contributed by atoms with Crippen molar-refractivity contribution in [1.29, 1.82) is 0 Å². The number of benzene rings is 2. The van der Waals surface area contributed by atoms with Crippen molar-refractivity contribution in [3.8, 4) is 17.0 Å². The zero-order valence-corrected chi connectivity index (χ0v) is 21.0. The lowest BCUT2D eigenvalue weighted by molar-refractivity contribution is -0.214. The number of amides is 1. The van der Waals surface area contributed by atoms with Crippen molar-refractivity contribution in [1.82, 2.24) is 19.9 Å². The molecule has 2 fully saturated rings. The lowest BCUT2D eigenvalue weighted by Crippen LogP contribution is -2.50. The Kier molecular flexibility index (Phi) is 8.30. The Hall–Kier alpha value is -3.35. The van der Waals surface area contributed by atoms with Gasteiger partial charge in [-0.1, -0.05) is 29.8 Å². The molecule has 38 heavy (non-hydrogen) atoms. The Morgan fingerprint density at radius 2 is 1.79 bits per heavy atom. The molecule has 0 aliphatic carbocycles. The van der Waals surface area contributed by atoms with Crippen LogP contribution in [0.25, 0.3) is 11.3 Å². The van der Waals surface area contributed by atoms with Crippen LogP contribution in [0.4, 0.5) is 5.69 Å². The first kappa shape index (κ1) is 26.3. The molecule has 0 spiro atoms. The summed E-state index contributed by atoms with van der Waals surface area (Å²) in [7, 11) is 0. The first-order valence-electron chi connectivity index (χ1n) is 12.9. The fraction of sp³-hybridized carbons (Fsp3) is 0.444. The van der Waals surface area contributed by atoms with Gasteiger partial charge in [-0.15, -0.1) is 5.10 Å². The number of aliphatic hydroxyl groups is 3. The van der Waals surface area contributed by atoms with E-state index in [-0.39, 0.29) is 12.5 Å². The third kappa shape index (κ3) is 6.03. The highest BCUT2D eigenvalue weighted by atomic mass is 16.5. The normalized spacial score (nSPS) is 24.2. The highest BCUT2D eigenvalue weighted by molar-refractivity contribution is 6.06. The maximum absolute atomic E-state index is 13.0. The second-order valence-corrected chi connectivity index (χ2v) is 9.63. The number of carbonyl (C=O) groups excluding carboxylic acids is 1. The van der Waals surface area contributed by atoms with E-state index >= 15 is 0 Å². The van der Waals surface area contributed by atoms with E-state index in [1.807, 2.05) is 6.07 Å². The number of aliphatic hydroxyl groups excluding tert-OH is 3. The summed E-state index contributed by atoms with van der Waals surface area (Å²) in [6, 6.07) is 14.2. The van der Waals surface area contributed by atoms with Gasteiger partial charge in [0.15, 0.2) is 6.23 Å². The van der Waals surface area contributed by atoms with Crippen molar-refractivity contribution in [2.75, 3.05) is 38.2 Å². The standard InChI is InChI=1S/C27H33N5O6/c33-23-17-38-27(25(35)24(23)34)32-16-22(29-30-32)20-6-2-3-7-21(20)28-26(36)18-8-10-19(11-9-18)37-15-14-31-12-4-1-5-13-31/h2-3,6-11,16,23-25,27,33-35H,1,4-5,12-15,17H2,(H,28,36)/t23-,24+,25-,27-/m1/s1. The second-order valence-electron chi connectivity index (χ2n) is 9.63. The number of nitrogens with one attached hydrogen (secondary N) is 1. The van der Waals surface area contributed by atoms with Gasteiger partial charge in [0.05, 0.1) is 18.5 Å². The summed E-state index contributed by atoms with van der Waals surface area (Å²) in [5.41, 5.74) is 2.08. The molecule has 1 amide bonds. The van der Waals surface area contributed by atoms with Crippen molar-refractivity contribution in [2.24, 2.45) is 0 Å². The first-order chi connectivity index (χ1) is 18.5. The highest BCUT2D eigenvalue weighted by Gasteiger charge is 2.39. The van der Waals surface area contributed by atoms with Crippen LogP contribution >= 0.6 is 0 Å². The molecule has 5 rings (SSSR count). The van der Waals surface area contributed by atoms with Crippen LogP contribution in [-0.4, -0.2) is 92.3 Å². The summed E-state index contributed by atoms with van der Waals surface area (Å²) in [6.07, 6.45) is 0.440. The summed E-state index contributed by atoms with van der Waals surface area (Å²) >= 11 is 0. The Morgan fingerprint density at radius 3 is 2.58 bits per heavy atom. The quantitative estimate of drug-likeness (QED) is 0.347. The molecule has 3 heterocycles. The molecule has 11 heteroatoms. The molecule has 0 bridgehead atoms. The molecule has 2 saturated heterocycles. The summed E-state index contributed by atoms with van der Waals surface area (Å²) in [5.74, 6) is 0.438. The van der Waals surface area contributed by atoms with Crippen molar-refractivity contribution in [3.05, 3.63) is 60.3 Å². The molecule has 0 unspecified atom stereocenters. The zero-order valence-electron chi connectivity index (χ0n) is 21.0. The minimum absolute atomic E-state index is 0.146. The van der Waals surface area contributed by atoms with Gasteiger partial charge in [-0.25, -0.2) is 4.68 Å². The number of hydrogen-bond donors (Lipinski definition) is 4.